The van der Waals surface area contributed by atoms with Crippen LogP contribution in [0, 0.1) is 0 Å². The van der Waals surface area contributed by atoms with Crippen LogP contribution in [-0.4, -0.2) is 12.2 Å². The number of rotatable bonds is 2. The second kappa shape index (κ2) is 4.53. The molecule has 1 aromatic rings. The molecule has 1 rings (SSSR count). The second-order valence-electron chi connectivity index (χ2n) is 2.53. The van der Waals surface area contributed by atoms with E-state index >= 15 is 0 Å². The van der Waals surface area contributed by atoms with Crippen LogP contribution in [0.15, 0.2) is 23.1 Å². The molecule has 70 valence electrons. The number of thioether (sulfide) groups is 1. The third-order valence-corrected chi connectivity index (χ3v) is 2.69. The van der Waals surface area contributed by atoms with Crippen LogP contribution in [-0.2, 0) is 4.79 Å². The Morgan fingerprint density at radius 1 is 1.54 bits per heavy atom. The van der Waals surface area contributed by atoms with Gasteiger partial charge in [0.25, 0.3) is 0 Å². The third-order valence-electron chi connectivity index (χ3n) is 1.47. The molecule has 0 heterocycles. The molecule has 0 spiro atoms. The number of nitrogens with one attached hydrogen (secondary N) is 1. The molecule has 1 aromatic carbocycles. The summed E-state index contributed by atoms with van der Waals surface area (Å²) in [7, 11) is 0. The molecule has 0 radical (unpaired) electrons. The van der Waals surface area contributed by atoms with Gasteiger partial charge in [0.1, 0.15) is 0 Å². The van der Waals surface area contributed by atoms with E-state index in [0.717, 1.165) is 10.6 Å². The Labute approximate surface area is 86.7 Å². The van der Waals surface area contributed by atoms with Crippen molar-refractivity contribution in [3.05, 3.63) is 23.2 Å². The van der Waals surface area contributed by atoms with Crippen molar-refractivity contribution in [2.45, 2.75) is 11.8 Å². The van der Waals surface area contributed by atoms with Crippen LogP contribution in [0.3, 0.4) is 0 Å². The summed E-state index contributed by atoms with van der Waals surface area (Å²) in [5.41, 5.74) is 0.779. The predicted molar refractivity (Wildman–Crippen MR) is 57.5 cm³/mol. The minimum atomic E-state index is -0.0747. The van der Waals surface area contributed by atoms with Crippen molar-refractivity contribution in [3.8, 4) is 0 Å². The number of carbonyl (C=O) groups excluding carboxylic acids is 1. The quantitative estimate of drug-likeness (QED) is 0.769. The van der Waals surface area contributed by atoms with Gasteiger partial charge in [0.2, 0.25) is 5.91 Å². The highest BCUT2D eigenvalue weighted by molar-refractivity contribution is 7.98. The molecule has 0 saturated carbocycles. The fraction of sp³-hybridized carbons (Fsp3) is 0.222. The van der Waals surface area contributed by atoms with Crippen molar-refractivity contribution < 1.29 is 4.79 Å². The molecular formula is C9H10ClNOS. The Hall–Kier alpha value is -0.670. The number of carbonyl (C=O) groups is 1. The molecule has 1 N–H and O–H groups in total. The molecule has 0 aliphatic heterocycles. The lowest BCUT2D eigenvalue weighted by atomic mass is 10.3. The largest absolute Gasteiger partial charge is 0.326 e. The smallest absolute Gasteiger partial charge is 0.221 e. The Morgan fingerprint density at radius 3 is 2.77 bits per heavy atom. The topological polar surface area (TPSA) is 29.1 Å². The van der Waals surface area contributed by atoms with E-state index in [1.807, 2.05) is 12.3 Å². The fourth-order valence-corrected chi connectivity index (χ4v) is 1.80. The van der Waals surface area contributed by atoms with Crippen molar-refractivity contribution in [3.63, 3.8) is 0 Å². The lowest BCUT2D eigenvalue weighted by Gasteiger charge is -2.05. The molecule has 0 aliphatic carbocycles. The number of hydrogen-bond acceptors (Lipinski definition) is 2. The van der Waals surface area contributed by atoms with E-state index in [1.165, 1.54) is 6.92 Å². The van der Waals surface area contributed by atoms with Gasteiger partial charge in [-0.15, -0.1) is 11.8 Å². The van der Waals surface area contributed by atoms with Gasteiger partial charge >= 0.3 is 0 Å². The van der Waals surface area contributed by atoms with Crippen LogP contribution in [0.2, 0.25) is 5.02 Å². The molecule has 0 fully saturated rings. The molecule has 1 amide bonds. The SMILES string of the molecule is CSc1cc(NC(C)=O)ccc1Cl. The van der Waals surface area contributed by atoms with E-state index in [0.29, 0.717) is 5.02 Å². The predicted octanol–water partition coefficient (Wildman–Crippen LogP) is 3.02. The van der Waals surface area contributed by atoms with E-state index in [4.69, 9.17) is 11.6 Å². The summed E-state index contributed by atoms with van der Waals surface area (Å²) < 4.78 is 0. The number of amides is 1. The first-order valence-electron chi connectivity index (χ1n) is 3.74. The average Bonchev–Trinajstić information content (AvgIpc) is 2.07. The normalized spacial score (nSPS) is 9.77. The van der Waals surface area contributed by atoms with E-state index in [9.17, 15) is 4.79 Å². The second-order valence-corrected chi connectivity index (χ2v) is 3.79. The highest BCUT2D eigenvalue weighted by Gasteiger charge is 2.01. The van der Waals surface area contributed by atoms with Crippen molar-refractivity contribution in [1.82, 2.24) is 0 Å². The summed E-state index contributed by atoms with van der Waals surface area (Å²) in [5.74, 6) is -0.0747. The molecule has 13 heavy (non-hydrogen) atoms. The van der Waals surface area contributed by atoms with E-state index in [1.54, 1.807) is 23.9 Å². The summed E-state index contributed by atoms with van der Waals surface area (Å²) in [5, 5.41) is 3.41. The maximum atomic E-state index is 10.7. The molecule has 0 saturated heterocycles. The van der Waals surface area contributed by atoms with Crippen molar-refractivity contribution in [2.75, 3.05) is 11.6 Å². The van der Waals surface area contributed by atoms with Gasteiger partial charge in [-0.2, -0.15) is 0 Å². The van der Waals surface area contributed by atoms with Gasteiger partial charge in [-0.05, 0) is 24.5 Å². The lowest BCUT2D eigenvalue weighted by Crippen LogP contribution is -2.05. The minimum Gasteiger partial charge on any atom is -0.326 e. The maximum absolute atomic E-state index is 10.7. The molecule has 0 unspecified atom stereocenters. The number of benzene rings is 1. The van der Waals surface area contributed by atoms with Gasteiger partial charge in [-0.3, -0.25) is 4.79 Å². The van der Waals surface area contributed by atoms with Crippen LogP contribution in [0.1, 0.15) is 6.92 Å². The minimum absolute atomic E-state index is 0.0747. The highest BCUT2D eigenvalue weighted by Crippen LogP contribution is 2.27. The summed E-state index contributed by atoms with van der Waals surface area (Å²) in [4.78, 5) is 11.7. The molecule has 2 nitrogen and oxygen atoms in total. The maximum Gasteiger partial charge on any atom is 0.221 e. The van der Waals surface area contributed by atoms with Gasteiger partial charge < -0.3 is 5.32 Å². The zero-order valence-electron chi connectivity index (χ0n) is 7.43. The monoisotopic (exact) mass is 215 g/mol. The number of anilines is 1. The Bertz CT molecular complexity index is 327. The first-order valence-corrected chi connectivity index (χ1v) is 5.35. The molecule has 4 heteroatoms. The fourth-order valence-electron chi connectivity index (χ4n) is 0.941. The summed E-state index contributed by atoms with van der Waals surface area (Å²) in [6.45, 7) is 1.48. The summed E-state index contributed by atoms with van der Waals surface area (Å²) in [6, 6.07) is 5.41. The van der Waals surface area contributed by atoms with Gasteiger partial charge in [0.15, 0.2) is 0 Å². The zero-order chi connectivity index (χ0) is 9.84. The van der Waals surface area contributed by atoms with Crippen LogP contribution < -0.4 is 5.32 Å². The highest BCUT2D eigenvalue weighted by atomic mass is 35.5. The first-order chi connectivity index (χ1) is 6.13. The number of halogens is 1. The molecule has 0 atom stereocenters. The standard InChI is InChI=1S/C9H10ClNOS/c1-6(12)11-7-3-4-8(10)9(5-7)13-2/h3-5H,1-2H3,(H,11,12). The Morgan fingerprint density at radius 2 is 2.23 bits per heavy atom. The van der Waals surface area contributed by atoms with E-state index in [2.05, 4.69) is 5.32 Å². The summed E-state index contributed by atoms with van der Waals surface area (Å²) in [6.07, 6.45) is 1.94. The third kappa shape index (κ3) is 2.94. The van der Waals surface area contributed by atoms with Crippen LogP contribution in [0.4, 0.5) is 5.69 Å². The lowest BCUT2D eigenvalue weighted by molar-refractivity contribution is -0.114. The molecule has 0 aliphatic rings. The van der Waals surface area contributed by atoms with Crippen molar-refractivity contribution in [1.29, 1.82) is 0 Å². The van der Waals surface area contributed by atoms with Gasteiger partial charge in [-0.25, -0.2) is 0 Å². The van der Waals surface area contributed by atoms with E-state index < -0.39 is 0 Å². The van der Waals surface area contributed by atoms with E-state index in [-0.39, 0.29) is 5.91 Å². The van der Waals surface area contributed by atoms with Crippen molar-refractivity contribution >= 4 is 35.0 Å². The average molecular weight is 216 g/mol. The van der Waals surface area contributed by atoms with Gasteiger partial charge in [0, 0.05) is 17.5 Å². The summed E-state index contributed by atoms with van der Waals surface area (Å²) >= 11 is 7.45. The van der Waals surface area contributed by atoms with Crippen molar-refractivity contribution in [2.24, 2.45) is 0 Å². The van der Waals surface area contributed by atoms with Crippen LogP contribution in [0.5, 0.6) is 0 Å². The van der Waals surface area contributed by atoms with Crippen LogP contribution >= 0.6 is 23.4 Å². The van der Waals surface area contributed by atoms with Gasteiger partial charge in [-0.1, -0.05) is 11.6 Å². The zero-order valence-corrected chi connectivity index (χ0v) is 9.00. The number of hydrogen-bond donors (Lipinski definition) is 1. The molecule has 0 bridgehead atoms. The Balaban J connectivity index is 2.92. The molecular weight excluding hydrogens is 206 g/mol. The molecule has 0 aromatic heterocycles. The first kappa shape index (κ1) is 10.4. The van der Waals surface area contributed by atoms with Gasteiger partial charge in [0.05, 0.1) is 5.02 Å². The Kier molecular flexibility index (Phi) is 3.63. The van der Waals surface area contributed by atoms with Crippen LogP contribution in [0.25, 0.3) is 0 Å².